The van der Waals surface area contributed by atoms with Crippen LogP contribution in [0, 0.1) is 6.92 Å². The highest BCUT2D eigenvalue weighted by molar-refractivity contribution is 5.39. The standard InChI is InChI=1S/C10H12F2O.2C2H6/c1-7-4-5-9(13-3)8(6-7)10(2,11)12;2*1-2/h4-6H,1-3H3;2*1-2H3. The topological polar surface area (TPSA) is 9.23 Å². The molecule has 0 unspecified atom stereocenters. The third kappa shape index (κ3) is 6.25. The van der Waals surface area contributed by atoms with Gasteiger partial charge < -0.3 is 4.74 Å². The monoisotopic (exact) mass is 246 g/mol. The van der Waals surface area contributed by atoms with E-state index in [2.05, 4.69) is 0 Å². The number of benzene rings is 1. The molecule has 0 heterocycles. The van der Waals surface area contributed by atoms with E-state index in [1.807, 2.05) is 27.7 Å². The van der Waals surface area contributed by atoms with Crippen molar-refractivity contribution in [3.8, 4) is 5.75 Å². The summed E-state index contributed by atoms with van der Waals surface area (Å²) in [6, 6.07) is 4.75. The summed E-state index contributed by atoms with van der Waals surface area (Å²) < 4.78 is 30.9. The largest absolute Gasteiger partial charge is 0.496 e. The second kappa shape index (κ2) is 8.97. The van der Waals surface area contributed by atoms with Crippen LogP contribution in [0.5, 0.6) is 5.75 Å². The second-order valence-electron chi connectivity index (χ2n) is 3.09. The Balaban J connectivity index is 0. The van der Waals surface area contributed by atoms with E-state index in [1.54, 1.807) is 19.1 Å². The molecule has 0 aliphatic rings. The number of hydrogen-bond donors (Lipinski definition) is 0. The van der Waals surface area contributed by atoms with Crippen molar-refractivity contribution in [3.05, 3.63) is 29.3 Å². The maximum atomic E-state index is 13.0. The van der Waals surface area contributed by atoms with Crippen LogP contribution in [-0.4, -0.2) is 7.11 Å². The summed E-state index contributed by atoms with van der Waals surface area (Å²) in [5.74, 6) is -2.62. The van der Waals surface area contributed by atoms with Gasteiger partial charge in [-0.1, -0.05) is 39.3 Å². The van der Waals surface area contributed by atoms with Gasteiger partial charge in [-0.15, -0.1) is 0 Å². The number of aryl methyl sites for hydroxylation is 1. The fourth-order valence-electron chi connectivity index (χ4n) is 1.16. The summed E-state index contributed by atoms with van der Waals surface area (Å²) in [4.78, 5) is 0. The molecule has 0 aromatic heterocycles. The molecule has 0 aliphatic carbocycles. The van der Waals surface area contributed by atoms with Gasteiger partial charge in [0.2, 0.25) is 0 Å². The van der Waals surface area contributed by atoms with Crippen LogP contribution >= 0.6 is 0 Å². The van der Waals surface area contributed by atoms with E-state index in [9.17, 15) is 8.78 Å². The molecule has 0 radical (unpaired) electrons. The van der Waals surface area contributed by atoms with Gasteiger partial charge in [0.25, 0.3) is 5.92 Å². The summed E-state index contributed by atoms with van der Waals surface area (Å²) >= 11 is 0. The van der Waals surface area contributed by atoms with Crippen LogP contribution in [0.15, 0.2) is 18.2 Å². The van der Waals surface area contributed by atoms with Gasteiger partial charge in [-0.3, -0.25) is 0 Å². The highest BCUT2D eigenvalue weighted by atomic mass is 19.3. The fourth-order valence-corrected chi connectivity index (χ4v) is 1.16. The highest BCUT2D eigenvalue weighted by Crippen LogP contribution is 2.34. The van der Waals surface area contributed by atoms with Crippen LogP contribution in [0.2, 0.25) is 0 Å². The van der Waals surface area contributed by atoms with Crippen molar-refractivity contribution in [2.75, 3.05) is 7.11 Å². The lowest BCUT2D eigenvalue weighted by Gasteiger charge is -2.15. The Labute approximate surface area is 104 Å². The van der Waals surface area contributed by atoms with Crippen molar-refractivity contribution in [1.82, 2.24) is 0 Å². The number of rotatable bonds is 2. The molecule has 0 atom stereocenters. The molecule has 0 saturated heterocycles. The molecule has 0 spiro atoms. The Morgan fingerprint density at radius 3 is 1.88 bits per heavy atom. The van der Waals surface area contributed by atoms with Crippen LogP contribution in [0.4, 0.5) is 8.78 Å². The van der Waals surface area contributed by atoms with Crippen molar-refractivity contribution >= 4 is 0 Å². The van der Waals surface area contributed by atoms with Gasteiger partial charge in [-0.05, 0) is 19.1 Å². The third-order valence-electron chi connectivity index (χ3n) is 1.83. The molecule has 17 heavy (non-hydrogen) atoms. The lowest BCUT2D eigenvalue weighted by Crippen LogP contribution is -2.09. The Morgan fingerprint density at radius 1 is 1.06 bits per heavy atom. The maximum Gasteiger partial charge on any atom is 0.274 e. The normalized spacial score (nSPS) is 9.47. The molecule has 0 amide bonds. The van der Waals surface area contributed by atoms with Crippen molar-refractivity contribution < 1.29 is 13.5 Å². The summed E-state index contributed by atoms with van der Waals surface area (Å²) in [5, 5.41) is 0. The van der Waals surface area contributed by atoms with Crippen LogP contribution in [-0.2, 0) is 5.92 Å². The summed E-state index contributed by atoms with van der Waals surface area (Å²) in [6.45, 7) is 10.6. The molecule has 3 heteroatoms. The van der Waals surface area contributed by atoms with Gasteiger partial charge in [0.05, 0.1) is 12.7 Å². The number of halogens is 2. The molecular weight excluding hydrogens is 222 g/mol. The molecule has 0 N–H and O–H groups in total. The lowest BCUT2D eigenvalue weighted by molar-refractivity contribution is 0.0150. The Hall–Kier alpha value is -1.12. The number of methoxy groups -OCH3 is 1. The van der Waals surface area contributed by atoms with Crippen LogP contribution in [0.25, 0.3) is 0 Å². The first-order chi connectivity index (χ1) is 7.95. The second-order valence-corrected chi connectivity index (χ2v) is 3.09. The minimum absolute atomic E-state index is 0.0602. The molecule has 0 fully saturated rings. The third-order valence-corrected chi connectivity index (χ3v) is 1.83. The van der Waals surface area contributed by atoms with Crippen LogP contribution in [0.3, 0.4) is 0 Å². The van der Waals surface area contributed by atoms with Crippen molar-refractivity contribution in [3.63, 3.8) is 0 Å². The zero-order valence-electron chi connectivity index (χ0n) is 11.9. The molecular formula is C14H24F2O. The van der Waals surface area contributed by atoms with Gasteiger partial charge in [0, 0.05) is 6.92 Å². The van der Waals surface area contributed by atoms with Crippen molar-refractivity contribution in [2.45, 2.75) is 47.5 Å². The molecule has 1 rings (SSSR count). The molecule has 0 bridgehead atoms. The van der Waals surface area contributed by atoms with E-state index in [4.69, 9.17) is 4.74 Å². The molecule has 0 saturated carbocycles. The van der Waals surface area contributed by atoms with E-state index in [0.29, 0.717) is 0 Å². The van der Waals surface area contributed by atoms with Gasteiger partial charge in [0.1, 0.15) is 5.75 Å². The molecule has 1 aromatic rings. The van der Waals surface area contributed by atoms with Crippen LogP contribution in [0.1, 0.15) is 45.7 Å². The zero-order valence-corrected chi connectivity index (χ0v) is 11.9. The van der Waals surface area contributed by atoms with Crippen LogP contribution < -0.4 is 4.74 Å². The molecule has 1 nitrogen and oxygen atoms in total. The van der Waals surface area contributed by atoms with E-state index >= 15 is 0 Å². The fraction of sp³-hybridized carbons (Fsp3) is 0.571. The zero-order chi connectivity index (χ0) is 14.1. The smallest absolute Gasteiger partial charge is 0.274 e. The predicted molar refractivity (Wildman–Crippen MR) is 70.0 cm³/mol. The van der Waals surface area contributed by atoms with E-state index < -0.39 is 5.92 Å². The average molecular weight is 246 g/mol. The Morgan fingerprint density at radius 2 is 1.53 bits per heavy atom. The predicted octanol–water partition coefficient (Wildman–Crippen LogP) is 5.17. The van der Waals surface area contributed by atoms with E-state index in [-0.39, 0.29) is 11.3 Å². The van der Waals surface area contributed by atoms with E-state index in [0.717, 1.165) is 12.5 Å². The average Bonchev–Trinajstić information content (AvgIpc) is 2.33. The quantitative estimate of drug-likeness (QED) is 0.699. The van der Waals surface area contributed by atoms with Gasteiger partial charge in [-0.25, -0.2) is 8.78 Å². The van der Waals surface area contributed by atoms with E-state index in [1.165, 1.54) is 13.2 Å². The highest BCUT2D eigenvalue weighted by Gasteiger charge is 2.28. The first-order valence-electron chi connectivity index (χ1n) is 5.98. The molecule has 1 aromatic carbocycles. The Bertz CT molecular complexity index is 304. The van der Waals surface area contributed by atoms with Gasteiger partial charge in [0.15, 0.2) is 0 Å². The van der Waals surface area contributed by atoms with Crippen molar-refractivity contribution in [2.24, 2.45) is 0 Å². The summed E-state index contributed by atoms with van der Waals surface area (Å²) in [6.07, 6.45) is 0. The first-order valence-corrected chi connectivity index (χ1v) is 5.98. The summed E-state index contributed by atoms with van der Waals surface area (Å²) in [7, 11) is 1.39. The summed E-state index contributed by atoms with van der Waals surface area (Å²) in [5.41, 5.74) is 0.743. The maximum absolute atomic E-state index is 13.0. The molecule has 100 valence electrons. The molecule has 0 aliphatic heterocycles. The van der Waals surface area contributed by atoms with Gasteiger partial charge in [-0.2, -0.15) is 0 Å². The Kier molecular flexibility index (Phi) is 9.63. The number of hydrogen-bond acceptors (Lipinski definition) is 1. The van der Waals surface area contributed by atoms with Crippen molar-refractivity contribution in [1.29, 1.82) is 0 Å². The number of alkyl halides is 2. The SMILES string of the molecule is CC.CC.COc1ccc(C)cc1C(C)(F)F. The minimum atomic E-state index is -2.85. The first kappa shape index (κ1) is 18.3. The number of ether oxygens (including phenoxy) is 1. The minimum Gasteiger partial charge on any atom is -0.496 e. The van der Waals surface area contributed by atoms with Gasteiger partial charge >= 0.3 is 0 Å². The lowest BCUT2D eigenvalue weighted by atomic mass is 10.1.